The van der Waals surface area contributed by atoms with Gasteiger partial charge in [-0.2, -0.15) is 13.2 Å². The Balaban J connectivity index is 1.58. The SMILES string of the molecule is FC(F)(F)c1nccc(N[C@H]2CCN(Cc3ccccc3)C2)n1. The van der Waals surface area contributed by atoms with Crippen molar-refractivity contribution in [2.75, 3.05) is 18.4 Å². The third-order valence-corrected chi connectivity index (χ3v) is 3.78. The van der Waals surface area contributed by atoms with Crippen molar-refractivity contribution < 1.29 is 13.2 Å². The molecule has 1 aromatic carbocycles. The number of nitrogens with one attached hydrogen (secondary N) is 1. The van der Waals surface area contributed by atoms with Gasteiger partial charge in [0.15, 0.2) is 0 Å². The zero-order valence-electron chi connectivity index (χ0n) is 12.4. The molecule has 4 nitrogen and oxygen atoms in total. The molecule has 3 rings (SSSR count). The van der Waals surface area contributed by atoms with Gasteiger partial charge in [0.25, 0.3) is 0 Å². The molecule has 1 saturated heterocycles. The van der Waals surface area contributed by atoms with Crippen molar-refractivity contribution in [3.05, 3.63) is 54.0 Å². The maximum absolute atomic E-state index is 12.6. The van der Waals surface area contributed by atoms with Crippen molar-refractivity contribution in [2.45, 2.75) is 25.2 Å². The Hall–Kier alpha value is -2.15. The molecule has 0 radical (unpaired) electrons. The molecule has 2 aromatic rings. The summed E-state index contributed by atoms with van der Waals surface area (Å²) in [5, 5.41) is 3.08. The van der Waals surface area contributed by atoms with Crippen LogP contribution in [0.5, 0.6) is 0 Å². The van der Waals surface area contributed by atoms with Crippen LogP contribution in [0.3, 0.4) is 0 Å². The molecule has 23 heavy (non-hydrogen) atoms. The first-order chi connectivity index (χ1) is 11.0. The van der Waals surface area contributed by atoms with E-state index in [2.05, 4.69) is 32.3 Å². The van der Waals surface area contributed by atoms with Crippen LogP contribution in [0.25, 0.3) is 0 Å². The Labute approximate surface area is 132 Å². The third kappa shape index (κ3) is 4.19. The van der Waals surface area contributed by atoms with Crippen LogP contribution in [0.1, 0.15) is 17.8 Å². The van der Waals surface area contributed by atoms with E-state index < -0.39 is 12.0 Å². The summed E-state index contributed by atoms with van der Waals surface area (Å²) in [4.78, 5) is 9.10. The Bertz CT molecular complexity index is 645. The highest BCUT2D eigenvalue weighted by Gasteiger charge is 2.35. The minimum atomic E-state index is -4.52. The van der Waals surface area contributed by atoms with Crippen LogP contribution >= 0.6 is 0 Å². The zero-order chi connectivity index (χ0) is 16.3. The molecule has 7 heteroatoms. The molecule has 1 atom stereocenters. The number of anilines is 1. The topological polar surface area (TPSA) is 41.1 Å². The monoisotopic (exact) mass is 322 g/mol. The molecule has 1 N–H and O–H groups in total. The third-order valence-electron chi connectivity index (χ3n) is 3.78. The number of alkyl halides is 3. The van der Waals surface area contributed by atoms with Crippen LogP contribution in [0.4, 0.5) is 19.0 Å². The van der Waals surface area contributed by atoms with E-state index in [1.165, 1.54) is 11.6 Å². The van der Waals surface area contributed by atoms with Gasteiger partial charge in [0, 0.05) is 31.9 Å². The standard InChI is InChI=1S/C16H17F3N4/c17-16(18,19)15-20-8-6-14(22-15)21-13-7-9-23(11-13)10-12-4-2-1-3-5-12/h1-6,8,13H,7,9-11H2,(H,20,21,22)/t13-/m0/s1. The van der Waals surface area contributed by atoms with Crippen LogP contribution in [-0.4, -0.2) is 34.0 Å². The smallest absolute Gasteiger partial charge is 0.366 e. The molecular weight excluding hydrogens is 305 g/mol. The Kier molecular flexibility index (Phi) is 4.47. The second kappa shape index (κ2) is 6.54. The van der Waals surface area contributed by atoms with E-state index in [9.17, 15) is 13.2 Å². The zero-order valence-corrected chi connectivity index (χ0v) is 12.4. The van der Waals surface area contributed by atoms with Crippen molar-refractivity contribution in [3.63, 3.8) is 0 Å². The predicted octanol–water partition coefficient (Wildman–Crippen LogP) is 3.18. The van der Waals surface area contributed by atoms with Crippen molar-refractivity contribution in [3.8, 4) is 0 Å². The summed E-state index contributed by atoms with van der Waals surface area (Å²) < 4.78 is 37.9. The Morgan fingerprint density at radius 1 is 1.17 bits per heavy atom. The molecule has 0 unspecified atom stereocenters. The van der Waals surface area contributed by atoms with Crippen LogP contribution in [0.2, 0.25) is 0 Å². The van der Waals surface area contributed by atoms with Gasteiger partial charge < -0.3 is 5.32 Å². The molecule has 122 valence electrons. The first-order valence-electron chi connectivity index (χ1n) is 7.44. The highest BCUT2D eigenvalue weighted by atomic mass is 19.4. The average Bonchev–Trinajstić information content (AvgIpc) is 2.95. The molecule has 1 aliphatic heterocycles. The van der Waals surface area contributed by atoms with Gasteiger partial charge in [-0.05, 0) is 18.1 Å². The number of nitrogens with zero attached hydrogens (tertiary/aromatic N) is 3. The number of aromatic nitrogens is 2. The van der Waals surface area contributed by atoms with Gasteiger partial charge in [-0.15, -0.1) is 0 Å². The van der Waals surface area contributed by atoms with E-state index in [1.807, 2.05) is 18.2 Å². The number of hydrogen-bond acceptors (Lipinski definition) is 4. The maximum atomic E-state index is 12.6. The van der Waals surface area contributed by atoms with Gasteiger partial charge in [0.05, 0.1) is 0 Å². The number of rotatable bonds is 4. The van der Waals surface area contributed by atoms with Gasteiger partial charge in [-0.25, -0.2) is 9.97 Å². The normalized spacial score (nSPS) is 19.0. The van der Waals surface area contributed by atoms with Crippen molar-refractivity contribution in [2.24, 2.45) is 0 Å². The van der Waals surface area contributed by atoms with Gasteiger partial charge >= 0.3 is 6.18 Å². The highest BCUT2D eigenvalue weighted by Crippen LogP contribution is 2.26. The minimum Gasteiger partial charge on any atom is -0.366 e. The molecule has 0 saturated carbocycles. The van der Waals surface area contributed by atoms with Crippen LogP contribution in [0, 0.1) is 0 Å². The molecule has 1 aliphatic rings. The lowest BCUT2D eigenvalue weighted by molar-refractivity contribution is -0.144. The van der Waals surface area contributed by atoms with Crippen LogP contribution < -0.4 is 5.32 Å². The summed E-state index contributed by atoms with van der Waals surface area (Å²) >= 11 is 0. The molecule has 1 fully saturated rings. The van der Waals surface area contributed by atoms with Gasteiger partial charge in [0.2, 0.25) is 5.82 Å². The lowest BCUT2D eigenvalue weighted by Gasteiger charge is -2.17. The highest BCUT2D eigenvalue weighted by molar-refractivity contribution is 5.35. The molecule has 2 heterocycles. The fourth-order valence-corrected chi connectivity index (χ4v) is 2.72. The fourth-order valence-electron chi connectivity index (χ4n) is 2.72. The first-order valence-corrected chi connectivity index (χ1v) is 7.44. The number of halogens is 3. The van der Waals surface area contributed by atoms with Gasteiger partial charge in [-0.1, -0.05) is 30.3 Å². The molecule has 0 amide bonds. The molecule has 1 aromatic heterocycles. The summed E-state index contributed by atoms with van der Waals surface area (Å²) in [6.07, 6.45) is -2.51. The summed E-state index contributed by atoms with van der Waals surface area (Å²) in [5.41, 5.74) is 1.23. The lowest BCUT2D eigenvalue weighted by atomic mass is 10.2. The minimum absolute atomic E-state index is 0.0923. The van der Waals surface area contributed by atoms with Crippen molar-refractivity contribution in [1.29, 1.82) is 0 Å². The summed E-state index contributed by atoms with van der Waals surface area (Å²) in [6, 6.07) is 11.7. The fraction of sp³-hybridized carbons (Fsp3) is 0.375. The number of likely N-dealkylation sites (tertiary alicyclic amines) is 1. The Morgan fingerprint density at radius 2 is 1.96 bits per heavy atom. The summed E-state index contributed by atoms with van der Waals surface area (Å²) in [6.45, 7) is 2.53. The van der Waals surface area contributed by atoms with Crippen molar-refractivity contribution >= 4 is 5.82 Å². The molecule has 0 spiro atoms. The number of hydrogen-bond donors (Lipinski definition) is 1. The quantitative estimate of drug-likeness (QED) is 0.939. The number of benzene rings is 1. The Morgan fingerprint density at radius 3 is 2.70 bits per heavy atom. The van der Waals surface area contributed by atoms with E-state index in [-0.39, 0.29) is 11.9 Å². The van der Waals surface area contributed by atoms with Crippen molar-refractivity contribution in [1.82, 2.24) is 14.9 Å². The molecule has 0 aliphatic carbocycles. The molecular formula is C16H17F3N4. The van der Waals surface area contributed by atoms with E-state index in [0.717, 1.165) is 32.3 Å². The lowest BCUT2D eigenvalue weighted by Crippen LogP contribution is -2.26. The maximum Gasteiger partial charge on any atom is 0.451 e. The predicted molar refractivity (Wildman–Crippen MR) is 80.8 cm³/mol. The average molecular weight is 322 g/mol. The summed E-state index contributed by atoms with van der Waals surface area (Å²) in [7, 11) is 0. The van der Waals surface area contributed by atoms with E-state index in [0.29, 0.717) is 0 Å². The van der Waals surface area contributed by atoms with E-state index in [1.54, 1.807) is 0 Å². The summed E-state index contributed by atoms with van der Waals surface area (Å²) in [5.74, 6) is -0.888. The largest absolute Gasteiger partial charge is 0.451 e. The van der Waals surface area contributed by atoms with Crippen LogP contribution in [0.15, 0.2) is 42.6 Å². The van der Waals surface area contributed by atoms with E-state index >= 15 is 0 Å². The van der Waals surface area contributed by atoms with Gasteiger partial charge in [-0.3, -0.25) is 4.90 Å². The van der Waals surface area contributed by atoms with Crippen LogP contribution in [-0.2, 0) is 12.7 Å². The molecule has 0 bridgehead atoms. The second-order valence-corrected chi connectivity index (χ2v) is 5.61. The van der Waals surface area contributed by atoms with E-state index in [4.69, 9.17) is 0 Å². The van der Waals surface area contributed by atoms with Gasteiger partial charge in [0.1, 0.15) is 5.82 Å². The first kappa shape index (κ1) is 15.7. The second-order valence-electron chi connectivity index (χ2n) is 5.61.